The van der Waals surface area contributed by atoms with Crippen LogP contribution in [0.1, 0.15) is 41.7 Å². The van der Waals surface area contributed by atoms with Gasteiger partial charge in [-0.05, 0) is 55.4 Å². The number of aliphatic carboxylic acids is 1. The zero-order valence-corrected chi connectivity index (χ0v) is 18.4. The summed E-state index contributed by atoms with van der Waals surface area (Å²) in [5.41, 5.74) is 1.26. The lowest BCUT2D eigenvalue weighted by Crippen LogP contribution is -2.29. The number of methoxy groups -OCH3 is 1. The Hall–Kier alpha value is -3.75. The normalized spacial score (nSPS) is 18.1. The quantitative estimate of drug-likeness (QED) is 0.567. The monoisotopic (exact) mass is 450 g/mol. The Morgan fingerprint density at radius 2 is 1.88 bits per heavy atom. The summed E-state index contributed by atoms with van der Waals surface area (Å²) in [5, 5.41) is 12.3. The zero-order valence-electron chi connectivity index (χ0n) is 18.4. The number of carboxylic acids is 1. The summed E-state index contributed by atoms with van der Waals surface area (Å²) in [7, 11) is 1.59. The van der Waals surface area contributed by atoms with Gasteiger partial charge in [-0.25, -0.2) is 9.97 Å². The molecule has 2 aromatic heterocycles. The van der Waals surface area contributed by atoms with Gasteiger partial charge < -0.3 is 15.2 Å². The van der Waals surface area contributed by atoms with E-state index in [-0.39, 0.29) is 29.0 Å². The molecule has 1 aliphatic rings. The first-order chi connectivity index (χ1) is 15.9. The van der Waals surface area contributed by atoms with E-state index in [9.17, 15) is 14.4 Å². The van der Waals surface area contributed by atoms with Crippen molar-refractivity contribution in [1.82, 2.24) is 19.9 Å². The van der Waals surface area contributed by atoms with Crippen LogP contribution in [0.2, 0.25) is 0 Å². The van der Waals surface area contributed by atoms with Gasteiger partial charge in [-0.2, -0.15) is 0 Å². The molecule has 1 aliphatic carbocycles. The molecule has 172 valence electrons. The number of fused-ring (bicyclic) bond motifs is 1. The molecule has 0 aliphatic heterocycles. The highest BCUT2D eigenvalue weighted by Gasteiger charge is 2.26. The van der Waals surface area contributed by atoms with Crippen LogP contribution in [0.3, 0.4) is 0 Å². The van der Waals surface area contributed by atoms with Gasteiger partial charge in [0.1, 0.15) is 11.4 Å². The molecule has 4 rings (SSSR count). The van der Waals surface area contributed by atoms with Crippen molar-refractivity contribution in [3.8, 4) is 5.75 Å². The van der Waals surface area contributed by atoms with Crippen LogP contribution in [-0.2, 0) is 17.9 Å². The maximum atomic E-state index is 13.0. The van der Waals surface area contributed by atoms with E-state index in [1.165, 1.54) is 18.6 Å². The maximum absolute atomic E-state index is 13.0. The van der Waals surface area contributed by atoms with E-state index >= 15 is 0 Å². The van der Waals surface area contributed by atoms with Crippen molar-refractivity contribution in [3.63, 3.8) is 0 Å². The Morgan fingerprint density at radius 3 is 2.55 bits per heavy atom. The summed E-state index contributed by atoms with van der Waals surface area (Å²) in [6.45, 7) is 0.800. The fraction of sp³-hybridized carbons (Fsp3) is 0.375. The molecule has 1 amide bonds. The Kier molecular flexibility index (Phi) is 6.67. The van der Waals surface area contributed by atoms with Gasteiger partial charge in [0, 0.05) is 13.1 Å². The molecule has 1 saturated carbocycles. The largest absolute Gasteiger partial charge is 0.497 e. The molecule has 2 N–H and O–H groups in total. The number of aromatic nitrogens is 3. The second-order valence-corrected chi connectivity index (χ2v) is 8.38. The van der Waals surface area contributed by atoms with Crippen LogP contribution < -0.4 is 15.6 Å². The van der Waals surface area contributed by atoms with E-state index in [4.69, 9.17) is 9.84 Å². The highest BCUT2D eigenvalue weighted by Crippen LogP contribution is 2.29. The van der Waals surface area contributed by atoms with E-state index < -0.39 is 5.97 Å². The van der Waals surface area contributed by atoms with Crippen molar-refractivity contribution >= 4 is 22.8 Å². The van der Waals surface area contributed by atoms with Gasteiger partial charge >= 0.3 is 5.97 Å². The molecule has 1 fully saturated rings. The van der Waals surface area contributed by atoms with E-state index in [2.05, 4.69) is 15.3 Å². The second kappa shape index (κ2) is 9.81. The lowest BCUT2D eigenvalue weighted by Gasteiger charge is -2.26. The van der Waals surface area contributed by atoms with Crippen LogP contribution in [0.15, 0.2) is 47.7 Å². The average molecular weight is 450 g/mol. The van der Waals surface area contributed by atoms with Gasteiger partial charge in [-0.3, -0.25) is 19.0 Å². The van der Waals surface area contributed by atoms with Crippen LogP contribution in [0.25, 0.3) is 10.9 Å². The zero-order chi connectivity index (χ0) is 23.4. The molecule has 33 heavy (non-hydrogen) atoms. The number of rotatable bonds is 7. The van der Waals surface area contributed by atoms with Crippen LogP contribution >= 0.6 is 0 Å². The van der Waals surface area contributed by atoms with Crippen LogP contribution in [0, 0.1) is 11.8 Å². The molecule has 0 saturated heterocycles. The molecule has 0 unspecified atom stereocenters. The van der Waals surface area contributed by atoms with Crippen molar-refractivity contribution < 1.29 is 19.4 Å². The summed E-state index contributed by atoms with van der Waals surface area (Å²) in [6.07, 6.45) is 5.70. The molecule has 0 atom stereocenters. The number of benzene rings is 1. The minimum Gasteiger partial charge on any atom is -0.497 e. The Bertz CT molecular complexity index is 1210. The molecular weight excluding hydrogens is 424 g/mol. The third-order valence-corrected chi connectivity index (χ3v) is 6.21. The first-order valence-electron chi connectivity index (χ1n) is 10.9. The van der Waals surface area contributed by atoms with Crippen LogP contribution in [0.4, 0.5) is 0 Å². The van der Waals surface area contributed by atoms with Crippen LogP contribution in [-0.4, -0.2) is 38.6 Å². The number of pyridine rings is 1. The van der Waals surface area contributed by atoms with E-state index in [0.29, 0.717) is 36.8 Å². The summed E-state index contributed by atoms with van der Waals surface area (Å²) in [5.74, 6) is -0.456. The topological polar surface area (TPSA) is 123 Å². The van der Waals surface area contributed by atoms with Gasteiger partial charge in [0.05, 0.1) is 36.5 Å². The predicted octanol–water partition coefficient (Wildman–Crippen LogP) is 2.62. The van der Waals surface area contributed by atoms with E-state index in [0.717, 1.165) is 24.2 Å². The molecule has 0 radical (unpaired) electrons. The van der Waals surface area contributed by atoms with E-state index in [1.54, 1.807) is 11.7 Å². The number of carbonyl (C=O) groups is 2. The molecule has 3 aromatic rings. The van der Waals surface area contributed by atoms with Crippen molar-refractivity contribution in [2.45, 2.75) is 38.8 Å². The summed E-state index contributed by atoms with van der Waals surface area (Å²) < 4.78 is 6.68. The minimum absolute atomic E-state index is 0.148. The SMILES string of the molecule is COc1ccc(CNC(=O)c2cc3c(=O)n(C[C@H]4CC[C@H](C(=O)O)CC4)cnc3cn2)cc1. The number of hydrogen-bond acceptors (Lipinski definition) is 6. The lowest BCUT2D eigenvalue weighted by atomic mass is 9.82. The molecular formula is C24H26N4O5. The molecule has 1 aromatic carbocycles. The lowest BCUT2D eigenvalue weighted by molar-refractivity contribution is -0.143. The Labute approximate surface area is 190 Å². The molecule has 0 bridgehead atoms. The smallest absolute Gasteiger partial charge is 0.306 e. The van der Waals surface area contributed by atoms with E-state index in [1.807, 2.05) is 24.3 Å². The number of nitrogens with one attached hydrogen (secondary N) is 1. The minimum atomic E-state index is -0.747. The van der Waals surface area contributed by atoms with Crippen molar-refractivity contribution in [3.05, 3.63) is 64.5 Å². The van der Waals surface area contributed by atoms with Crippen molar-refractivity contribution in [2.24, 2.45) is 11.8 Å². The number of carbonyl (C=O) groups excluding carboxylic acids is 1. The van der Waals surface area contributed by atoms with Gasteiger partial charge in [0.15, 0.2) is 0 Å². The van der Waals surface area contributed by atoms with Gasteiger partial charge in [0.2, 0.25) is 0 Å². The van der Waals surface area contributed by atoms with Gasteiger partial charge in [-0.1, -0.05) is 12.1 Å². The number of carboxylic acid groups (broad SMARTS) is 1. The fourth-order valence-corrected chi connectivity index (χ4v) is 4.20. The number of hydrogen-bond donors (Lipinski definition) is 2. The highest BCUT2D eigenvalue weighted by molar-refractivity contribution is 5.95. The molecule has 2 heterocycles. The summed E-state index contributed by atoms with van der Waals surface area (Å²) >= 11 is 0. The predicted molar refractivity (Wildman–Crippen MR) is 121 cm³/mol. The third kappa shape index (κ3) is 5.19. The molecule has 9 heteroatoms. The summed E-state index contributed by atoms with van der Waals surface area (Å²) in [6, 6.07) is 8.83. The van der Waals surface area contributed by atoms with Crippen LogP contribution in [0.5, 0.6) is 5.75 Å². The fourth-order valence-electron chi connectivity index (χ4n) is 4.20. The molecule has 0 spiro atoms. The second-order valence-electron chi connectivity index (χ2n) is 8.38. The Balaban J connectivity index is 1.46. The number of ether oxygens (including phenoxy) is 1. The highest BCUT2D eigenvalue weighted by atomic mass is 16.5. The number of nitrogens with zero attached hydrogens (tertiary/aromatic N) is 3. The summed E-state index contributed by atoms with van der Waals surface area (Å²) in [4.78, 5) is 45.3. The maximum Gasteiger partial charge on any atom is 0.306 e. The first kappa shape index (κ1) is 22.4. The first-order valence-corrected chi connectivity index (χ1v) is 10.9. The average Bonchev–Trinajstić information content (AvgIpc) is 2.84. The number of amides is 1. The van der Waals surface area contributed by atoms with Crippen molar-refractivity contribution in [2.75, 3.05) is 7.11 Å². The standard InChI is InChI=1S/C24H26N4O5/c1-33-18-8-4-15(5-9-18)11-26-22(29)20-10-19-21(12-25-20)27-14-28(23(19)30)13-16-2-6-17(7-3-16)24(31)32/h4-5,8-10,12,14,16-17H,2-3,6-7,11,13H2,1H3,(H,26,29)(H,31,32)/t16-,17-. The Morgan fingerprint density at radius 1 is 1.15 bits per heavy atom. The third-order valence-electron chi connectivity index (χ3n) is 6.21. The van der Waals surface area contributed by atoms with Crippen molar-refractivity contribution in [1.29, 1.82) is 0 Å². The van der Waals surface area contributed by atoms with Gasteiger partial charge in [0.25, 0.3) is 11.5 Å². The molecule has 9 nitrogen and oxygen atoms in total. The van der Waals surface area contributed by atoms with Gasteiger partial charge in [-0.15, -0.1) is 0 Å².